The lowest BCUT2D eigenvalue weighted by Gasteiger charge is -2.11. The topological polar surface area (TPSA) is 101 Å². The zero-order chi connectivity index (χ0) is 21.8. The molecule has 3 heterocycles. The van der Waals surface area contributed by atoms with Crippen LogP contribution >= 0.6 is 23.1 Å². The number of nitrogens with zero attached hydrogens (tertiary/aromatic N) is 3. The summed E-state index contributed by atoms with van der Waals surface area (Å²) in [5.41, 5.74) is 0.689. The highest BCUT2D eigenvalue weighted by Gasteiger charge is 2.17. The Morgan fingerprint density at radius 3 is 2.90 bits per heavy atom. The van der Waals surface area contributed by atoms with Crippen LogP contribution in [-0.2, 0) is 17.8 Å². The highest BCUT2D eigenvalue weighted by molar-refractivity contribution is 7.99. The quantitative estimate of drug-likeness (QED) is 0.333. The lowest BCUT2D eigenvalue weighted by atomic mass is 10.2. The van der Waals surface area contributed by atoms with E-state index in [0.29, 0.717) is 32.4 Å². The molecule has 0 fully saturated rings. The highest BCUT2D eigenvalue weighted by atomic mass is 32.2. The minimum Gasteiger partial charge on any atom is -0.467 e. The third-order valence-corrected chi connectivity index (χ3v) is 6.71. The fraction of sp³-hybridized carbons (Fsp3) is 0.182. The second-order valence-corrected chi connectivity index (χ2v) is 8.70. The van der Waals surface area contributed by atoms with Crippen molar-refractivity contribution in [3.05, 3.63) is 75.3 Å². The summed E-state index contributed by atoms with van der Waals surface area (Å²) in [5.74, 6) is 0.387. The van der Waals surface area contributed by atoms with Crippen molar-refractivity contribution in [1.82, 2.24) is 9.55 Å². The van der Waals surface area contributed by atoms with Crippen molar-refractivity contribution in [2.24, 2.45) is 0 Å². The van der Waals surface area contributed by atoms with Crippen LogP contribution in [0.5, 0.6) is 0 Å². The zero-order valence-corrected chi connectivity index (χ0v) is 18.3. The Hall–Kier alpha value is -3.35. The summed E-state index contributed by atoms with van der Waals surface area (Å²) >= 11 is 2.66. The highest BCUT2D eigenvalue weighted by Crippen LogP contribution is 2.26. The zero-order valence-electron chi connectivity index (χ0n) is 16.6. The number of fused-ring (bicyclic) bond motifs is 1. The number of nitrogens with one attached hydrogen (secondary N) is 1. The summed E-state index contributed by atoms with van der Waals surface area (Å²) in [5, 5.41) is 13.0. The van der Waals surface area contributed by atoms with Crippen molar-refractivity contribution >= 4 is 44.9 Å². The number of benzene rings is 1. The molecule has 0 unspecified atom stereocenters. The van der Waals surface area contributed by atoms with Gasteiger partial charge in [-0.1, -0.05) is 30.8 Å². The van der Waals surface area contributed by atoms with Crippen LogP contribution in [0.25, 0.3) is 10.2 Å². The lowest BCUT2D eigenvalue weighted by Crippen LogP contribution is -2.24. The number of thioether (sulfide) groups is 1. The Labute approximate surface area is 186 Å². The standard InChI is InChI=1S/C22H18N4O3S2/c1-2-16-10-17-20(31-16)25-22(26(21(17)28)12-15-7-5-9-29-15)30-13-19(27)24-18-8-4-3-6-14(18)11-23/h3-10H,2,12-13H2,1H3,(H,24,27). The van der Waals surface area contributed by atoms with Gasteiger partial charge >= 0.3 is 0 Å². The molecule has 0 saturated heterocycles. The number of thiophene rings is 1. The third kappa shape index (κ3) is 4.55. The number of carbonyl (C=O) groups is 1. The maximum Gasteiger partial charge on any atom is 0.263 e. The van der Waals surface area contributed by atoms with Crippen molar-refractivity contribution in [1.29, 1.82) is 5.26 Å². The van der Waals surface area contributed by atoms with Crippen LogP contribution in [0.3, 0.4) is 0 Å². The molecule has 0 radical (unpaired) electrons. The predicted molar refractivity (Wildman–Crippen MR) is 122 cm³/mol. The van der Waals surface area contributed by atoms with Crippen LogP contribution in [0.2, 0.25) is 0 Å². The molecule has 0 aliphatic heterocycles. The normalized spacial score (nSPS) is 10.8. The SMILES string of the molecule is CCc1cc2c(=O)n(Cc3ccco3)c(SCC(=O)Nc3ccccc3C#N)nc2s1. The molecule has 9 heteroatoms. The monoisotopic (exact) mass is 450 g/mol. The largest absolute Gasteiger partial charge is 0.467 e. The molecule has 3 aromatic heterocycles. The minimum absolute atomic E-state index is 0.0435. The van der Waals surface area contributed by atoms with Gasteiger partial charge in [-0.3, -0.25) is 14.2 Å². The maximum atomic E-state index is 13.2. The van der Waals surface area contributed by atoms with Gasteiger partial charge in [-0.05, 0) is 36.8 Å². The van der Waals surface area contributed by atoms with Crippen LogP contribution in [0.15, 0.2) is 63.1 Å². The van der Waals surface area contributed by atoms with E-state index in [1.807, 2.05) is 13.0 Å². The van der Waals surface area contributed by atoms with Crippen LogP contribution in [0.1, 0.15) is 23.1 Å². The maximum absolute atomic E-state index is 13.2. The summed E-state index contributed by atoms with van der Waals surface area (Å²) in [6.07, 6.45) is 2.38. The molecular weight excluding hydrogens is 432 g/mol. The number of rotatable bonds is 7. The average molecular weight is 451 g/mol. The van der Waals surface area contributed by atoms with Gasteiger partial charge in [0, 0.05) is 4.88 Å². The minimum atomic E-state index is -0.285. The average Bonchev–Trinajstić information content (AvgIpc) is 3.44. The number of amides is 1. The number of nitriles is 1. The van der Waals surface area contributed by atoms with Gasteiger partial charge in [-0.2, -0.15) is 5.26 Å². The number of anilines is 1. The molecule has 0 aliphatic carbocycles. The van der Waals surface area contributed by atoms with E-state index in [9.17, 15) is 14.9 Å². The second kappa shape index (κ2) is 9.20. The number of hydrogen-bond acceptors (Lipinski definition) is 7. The van der Waals surface area contributed by atoms with E-state index in [0.717, 1.165) is 11.3 Å². The Kier molecular flexibility index (Phi) is 6.21. The van der Waals surface area contributed by atoms with Gasteiger partial charge in [0.05, 0.1) is 35.2 Å². The number of aryl methyl sites for hydroxylation is 1. The molecule has 1 N–H and O–H groups in total. The Balaban J connectivity index is 1.61. The van der Waals surface area contributed by atoms with Gasteiger partial charge in [0.1, 0.15) is 16.7 Å². The third-order valence-electron chi connectivity index (χ3n) is 4.56. The fourth-order valence-corrected chi connectivity index (χ4v) is 4.84. The molecule has 7 nitrogen and oxygen atoms in total. The van der Waals surface area contributed by atoms with Crippen molar-refractivity contribution < 1.29 is 9.21 Å². The number of carbonyl (C=O) groups excluding carboxylic acids is 1. The number of furan rings is 1. The van der Waals surface area contributed by atoms with Gasteiger partial charge < -0.3 is 9.73 Å². The molecule has 31 heavy (non-hydrogen) atoms. The first-order valence-corrected chi connectivity index (χ1v) is 11.4. The van der Waals surface area contributed by atoms with Crippen LogP contribution in [0.4, 0.5) is 5.69 Å². The predicted octanol–water partition coefficient (Wildman–Crippen LogP) is 4.26. The summed E-state index contributed by atoms with van der Waals surface area (Å²) < 4.78 is 6.95. The van der Waals surface area contributed by atoms with Crippen molar-refractivity contribution in [3.8, 4) is 6.07 Å². The fourth-order valence-electron chi connectivity index (χ4n) is 3.04. The smallest absolute Gasteiger partial charge is 0.263 e. The van der Waals surface area contributed by atoms with Gasteiger partial charge in [0.25, 0.3) is 5.56 Å². The van der Waals surface area contributed by atoms with Crippen molar-refractivity contribution in [2.45, 2.75) is 25.0 Å². The molecule has 0 aliphatic rings. The van der Waals surface area contributed by atoms with E-state index in [2.05, 4.69) is 16.4 Å². The summed E-state index contributed by atoms with van der Waals surface area (Å²) in [6.45, 7) is 2.26. The first kappa shape index (κ1) is 20.9. The first-order valence-electron chi connectivity index (χ1n) is 9.56. The van der Waals surface area contributed by atoms with Gasteiger partial charge in [-0.25, -0.2) is 4.98 Å². The number of aromatic nitrogens is 2. The Bertz CT molecular complexity index is 1330. The van der Waals surface area contributed by atoms with Gasteiger partial charge in [-0.15, -0.1) is 11.3 Å². The molecular formula is C22H18N4O3S2. The molecule has 0 bridgehead atoms. The molecule has 156 valence electrons. The van der Waals surface area contributed by atoms with E-state index in [4.69, 9.17) is 4.42 Å². The second-order valence-electron chi connectivity index (χ2n) is 6.64. The van der Waals surface area contributed by atoms with Crippen LogP contribution in [0, 0.1) is 11.3 Å². The Morgan fingerprint density at radius 2 is 2.16 bits per heavy atom. The van der Waals surface area contributed by atoms with Gasteiger partial charge in [0.2, 0.25) is 5.91 Å². The van der Waals surface area contributed by atoms with E-state index in [1.54, 1.807) is 42.7 Å². The first-order chi connectivity index (χ1) is 15.1. The molecule has 1 amide bonds. The van der Waals surface area contributed by atoms with E-state index in [1.165, 1.54) is 27.7 Å². The Morgan fingerprint density at radius 1 is 1.32 bits per heavy atom. The number of para-hydroxylation sites is 1. The number of hydrogen-bond donors (Lipinski definition) is 1. The molecule has 4 aromatic rings. The summed E-state index contributed by atoms with van der Waals surface area (Å²) in [6, 6.07) is 14.3. The molecule has 0 saturated carbocycles. The van der Waals surface area contributed by atoms with Crippen molar-refractivity contribution in [2.75, 3.05) is 11.1 Å². The van der Waals surface area contributed by atoms with E-state index < -0.39 is 0 Å². The van der Waals surface area contributed by atoms with Crippen LogP contribution in [-0.4, -0.2) is 21.2 Å². The lowest BCUT2D eigenvalue weighted by molar-refractivity contribution is -0.113. The van der Waals surface area contributed by atoms with E-state index >= 15 is 0 Å². The van der Waals surface area contributed by atoms with Crippen molar-refractivity contribution in [3.63, 3.8) is 0 Å². The van der Waals surface area contributed by atoms with Crippen LogP contribution < -0.4 is 10.9 Å². The van der Waals surface area contributed by atoms with E-state index in [-0.39, 0.29) is 23.8 Å². The molecule has 0 spiro atoms. The molecule has 0 atom stereocenters. The molecule has 4 rings (SSSR count). The summed E-state index contributed by atoms with van der Waals surface area (Å²) in [4.78, 5) is 32.1. The summed E-state index contributed by atoms with van der Waals surface area (Å²) in [7, 11) is 0. The molecule has 1 aromatic carbocycles. The van der Waals surface area contributed by atoms with Gasteiger partial charge in [0.15, 0.2) is 5.16 Å².